The van der Waals surface area contributed by atoms with Crippen LogP contribution in [0.25, 0.3) is 0 Å². The third kappa shape index (κ3) is 4.83. The molecule has 1 aromatic rings. The molecule has 1 aliphatic carbocycles. The van der Waals surface area contributed by atoms with Gasteiger partial charge in [-0.15, -0.1) is 0 Å². The van der Waals surface area contributed by atoms with Gasteiger partial charge in [0.15, 0.2) is 0 Å². The lowest BCUT2D eigenvalue weighted by Crippen LogP contribution is -2.38. The first-order valence-electron chi connectivity index (χ1n) is 8.84. The van der Waals surface area contributed by atoms with Gasteiger partial charge in [0.2, 0.25) is 5.91 Å². The summed E-state index contributed by atoms with van der Waals surface area (Å²) in [7, 11) is 1.86. The smallest absolute Gasteiger partial charge is 0.251 e. The lowest BCUT2D eigenvalue weighted by atomic mass is 9.87. The van der Waals surface area contributed by atoms with Crippen molar-refractivity contribution in [1.29, 1.82) is 0 Å². The maximum atomic E-state index is 12.2. The number of nitrogens with zero attached hydrogens (tertiary/aromatic N) is 1. The molecule has 1 fully saturated rings. The molecule has 0 aromatic heterocycles. The highest BCUT2D eigenvalue weighted by Gasteiger charge is 2.32. The minimum Gasteiger partial charge on any atom is -0.352 e. The number of nitrogens with one attached hydrogen (secondary N) is 1. The van der Waals surface area contributed by atoms with Gasteiger partial charge in [-0.25, -0.2) is 0 Å². The number of hydrogen-bond donors (Lipinski definition) is 1. The van der Waals surface area contributed by atoms with Gasteiger partial charge in [0.1, 0.15) is 0 Å². The molecular weight excluding hydrogens is 300 g/mol. The lowest BCUT2D eigenvalue weighted by Gasteiger charge is -2.25. The highest BCUT2D eigenvalue weighted by molar-refractivity contribution is 5.94. The van der Waals surface area contributed by atoms with E-state index >= 15 is 0 Å². The van der Waals surface area contributed by atoms with E-state index in [1.165, 1.54) is 18.4 Å². The molecule has 0 unspecified atom stereocenters. The molecule has 0 aliphatic heterocycles. The van der Waals surface area contributed by atoms with Crippen molar-refractivity contribution in [3.8, 4) is 0 Å². The summed E-state index contributed by atoms with van der Waals surface area (Å²) in [4.78, 5) is 26.2. The predicted octanol–water partition coefficient (Wildman–Crippen LogP) is 3.36. The van der Waals surface area contributed by atoms with Crippen LogP contribution in [0, 0.1) is 5.92 Å². The van der Waals surface area contributed by atoms with Crippen molar-refractivity contribution in [2.75, 3.05) is 13.6 Å². The Hall–Kier alpha value is -1.84. The predicted molar refractivity (Wildman–Crippen MR) is 97.0 cm³/mol. The Labute approximate surface area is 145 Å². The molecule has 4 nitrogen and oxygen atoms in total. The first kappa shape index (κ1) is 18.5. The SMILES string of the molecule is C[C@@H](C1CC1)N(C)C(=O)CCNC(=O)c1ccc(C(C)(C)C)cc1. The summed E-state index contributed by atoms with van der Waals surface area (Å²) >= 11 is 0. The molecule has 2 rings (SSSR count). The van der Waals surface area contributed by atoms with Crippen molar-refractivity contribution in [1.82, 2.24) is 10.2 Å². The van der Waals surface area contributed by atoms with Crippen LogP contribution >= 0.6 is 0 Å². The molecule has 0 radical (unpaired) electrons. The molecule has 1 saturated carbocycles. The van der Waals surface area contributed by atoms with Crippen LogP contribution in [0.15, 0.2) is 24.3 Å². The summed E-state index contributed by atoms with van der Waals surface area (Å²) in [5.41, 5.74) is 1.91. The first-order chi connectivity index (χ1) is 11.2. The summed E-state index contributed by atoms with van der Waals surface area (Å²) in [6.45, 7) is 8.91. The highest BCUT2D eigenvalue weighted by Crippen LogP contribution is 2.34. The van der Waals surface area contributed by atoms with Gasteiger partial charge in [-0.3, -0.25) is 9.59 Å². The van der Waals surface area contributed by atoms with Gasteiger partial charge in [0.05, 0.1) is 0 Å². The second-order valence-electron chi connectivity index (χ2n) is 7.92. The summed E-state index contributed by atoms with van der Waals surface area (Å²) in [6, 6.07) is 7.98. The van der Waals surface area contributed by atoms with Crippen molar-refractivity contribution < 1.29 is 9.59 Å². The fraction of sp³-hybridized carbons (Fsp3) is 0.600. The fourth-order valence-electron chi connectivity index (χ4n) is 2.80. The van der Waals surface area contributed by atoms with Crippen LogP contribution in [0.3, 0.4) is 0 Å². The Bertz CT molecular complexity index is 583. The van der Waals surface area contributed by atoms with Crippen molar-refractivity contribution >= 4 is 11.8 Å². The van der Waals surface area contributed by atoms with Crippen LogP contribution in [0.4, 0.5) is 0 Å². The van der Waals surface area contributed by atoms with E-state index in [4.69, 9.17) is 0 Å². The Morgan fingerprint density at radius 2 is 1.79 bits per heavy atom. The van der Waals surface area contributed by atoms with Crippen LogP contribution in [0.2, 0.25) is 0 Å². The number of amides is 2. The molecule has 132 valence electrons. The lowest BCUT2D eigenvalue weighted by molar-refractivity contribution is -0.131. The highest BCUT2D eigenvalue weighted by atomic mass is 16.2. The summed E-state index contributed by atoms with van der Waals surface area (Å²) in [6.07, 6.45) is 2.79. The molecule has 0 saturated heterocycles. The molecule has 1 N–H and O–H groups in total. The van der Waals surface area contributed by atoms with Gasteiger partial charge in [-0.05, 0) is 48.8 Å². The molecule has 1 atom stereocenters. The Balaban J connectivity index is 1.79. The van der Waals surface area contributed by atoms with Crippen LogP contribution in [-0.2, 0) is 10.2 Å². The summed E-state index contributed by atoms with van der Waals surface area (Å²) in [5.74, 6) is 0.633. The van der Waals surface area contributed by atoms with Crippen LogP contribution < -0.4 is 5.32 Å². The number of carbonyl (C=O) groups excluding carboxylic acids is 2. The topological polar surface area (TPSA) is 49.4 Å². The van der Waals surface area contributed by atoms with Gasteiger partial charge in [-0.2, -0.15) is 0 Å². The molecule has 1 aliphatic rings. The molecule has 24 heavy (non-hydrogen) atoms. The normalized spacial score (nSPS) is 15.7. The van der Waals surface area contributed by atoms with Gasteiger partial charge in [-0.1, -0.05) is 32.9 Å². The fourth-order valence-corrected chi connectivity index (χ4v) is 2.80. The molecule has 2 amide bonds. The van der Waals surface area contributed by atoms with E-state index in [0.717, 1.165) is 0 Å². The zero-order chi connectivity index (χ0) is 17.9. The Morgan fingerprint density at radius 3 is 2.29 bits per heavy atom. The molecular formula is C20H30N2O2. The van der Waals surface area contributed by atoms with Crippen molar-refractivity contribution in [2.24, 2.45) is 5.92 Å². The maximum absolute atomic E-state index is 12.2. The van der Waals surface area contributed by atoms with Gasteiger partial charge in [0, 0.05) is 31.6 Å². The zero-order valence-electron chi connectivity index (χ0n) is 15.6. The average Bonchev–Trinajstić information content (AvgIpc) is 3.37. The van der Waals surface area contributed by atoms with Gasteiger partial charge in [0.25, 0.3) is 5.91 Å². The second-order valence-corrected chi connectivity index (χ2v) is 7.92. The summed E-state index contributed by atoms with van der Waals surface area (Å²) < 4.78 is 0. The molecule has 1 aromatic carbocycles. The number of hydrogen-bond acceptors (Lipinski definition) is 2. The average molecular weight is 330 g/mol. The Kier molecular flexibility index (Phi) is 5.68. The van der Waals surface area contributed by atoms with Gasteiger partial charge < -0.3 is 10.2 Å². The Morgan fingerprint density at radius 1 is 1.21 bits per heavy atom. The number of rotatable bonds is 6. The quantitative estimate of drug-likeness (QED) is 0.869. The molecule has 0 bridgehead atoms. The van der Waals surface area contributed by atoms with E-state index < -0.39 is 0 Å². The van der Waals surface area contributed by atoms with Crippen LogP contribution in [0.1, 0.15) is 62.9 Å². The largest absolute Gasteiger partial charge is 0.352 e. The third-order valence-corrected chi connectivity index (χ3v) is 4.95. The van der Waals surface area contributed by atoms with E-state index in [2.05, 4.69) is 33.0 Å². The molecule has 4 heteroatoms. The minimum atomic E-state index is -0.124. The molecule has 0 heterocycles. The maximum Gasteiger partial charge on any atom is 0.251 e. The van der Waals surface area contributed by atoms with Crippen molar-refractivity contribution in [3.05, 3.63) is 35.4 Å². The van der Waals surface area contributed by atoms with Crippen molar-refractivity contribution in [3.63, 3.8) is 0 Å². The standard InChI is InChI=1S/C20H30N2O2/c1-14(15-6-7-15)22(5)18(23)12-13-21-19(24)16-8-10-17(11-9-16)20(2,3)4/h8-11,14-15H,6-7,12-13H2,1-5H3,(H,21,24)/t14-/m0/s1. The van der Waals surface area contributed by atoms with E-state index in [1.807, 2.05) is 36.2 Å². The monoisotopic (exact) mass is 330 g/mol. The van der Waals surface area contributed by atoms with Crippen LogP contribution in [-0.4, -0.2) is 36.3 Å². The minimum absolute atomic E-state index is 0.0737. The summed E-state index contributed by atoms with van der Waals surface area (Å²) in [5, 5.41) is 2.84. The van der Waals surface area contributed by atoms with E-state index in [1.54, 1.807) is 0 Å². The third-order valence-electron chi connectivity index (χ3n) is 4.95. The number of carbonyl (C=O) groups is 2. The number of benzene rings is 1. The van der Waals surface area contributed by atoms with Crippen molar-refractivity contribution in [2.45, 2.75) is 58.4 Å². The zero-order valence-corrected chi connectivity index (χ0v) is 15.6. The van der Waals surface area contributed by atoms with E-state index in [0.29, 0.717) is 30.5 Å². The second kappa shape index (κ2) is 7.37. The van der Waals surface area contributed by atoms with Crippen LogP contribution in [0.5, 0.6) is 0 Å². The molecule has 0 spiro atoms. The van der Waals surface area contributed by atoms with E-state index in [-0.39, 0.29) is 17.2 Å². The first-order valence-corrected chi connectivity index (χ1v) is 8.84. The van der Waals surface area contributed by atoms with Gasteiger partial charge >= 0.3 is 0 Å². The van der Waals surface area contributed by atoms with E-state index in [9.17, 15) is 9.59 Å².